The zero-order valence-corrected chi connectivity index (χ0v) is 30.8. The number of amides is 1. The predicted octanol–water partition coefficient (Wildman–Crippen LogP) is 9.37. The fourth-order valence-corrected chi connectivity index (χ4v) is 5.22. The molecule has 0 aromatic rings. The van der Waals surface area contributed by atoms with Crippen LogP contribution in [0.3, 0.4) is 0 Å². The number of hydrogen-bond donors (Lipinski definition) is 3. The summed E-state index contributed by atoms with van der Waals surface area (Å²) in [6.45, 7) is 3.33. The van der Waals surface area contributed by atoms with Crippen molar-refractivity contribution >= 4 is 19.7 Å². The van der Waals surface area contributed by atoms with Gasteiger partial charge in [0.1, 0.15) is 12.7 Å². The van der Waals surface area contributed by atoms with Crippen LogP contribution in [-0.4, -0.2) is 54.3 Å². The number of allylic oxidation sites excluding steroid dienone is 10. The van der Waals surface area contributed by atoms with Crippen molar-refractivity contribution in [2.75, 3.05) is 26.4 Å². The number of ether oxygens (including phenoxy) is 1. The molecule has 2 atom stereocenters. The fourth-order valence-electron chi connectivity index (χ4n) is 4.46. The summed E-state index contributed by atoms with van der Waals surface area (Å²) in [4.78, 5) is 33.6. The molecule has 0 saturated heterocycles. The molecule has 0 aliphatic carbocycles. The second-order valence-corrected chi connectivity index (χ2v) is 13.3. The highest BCUT2D eigenvalue weighted by Crippen LogP contribution is 2.42. The van der Waals surface area contributed by atoms with Crippen molar-refractivity contribution in [3.63, 3.8) is 0 Å². The van der Waals surface area contributed by atoms with Crippen molar-refractivity contribution in [1.29, 1.82) is 0 Å². The van der Waals surface area contributed by atoms with E-state index in [4.69, 9.17) is 13.8 Å². The number of aliphatic hydroxyl groups is 1. The molecule has 0 spiro atoms. The van der Waals surface area contributed by atoms with E-state index < -0.39 is 26.5 Å². The van der Waals surface area contributed by atoms with E-state index >= 15 is 0 Å². The topological polar surface area (TPSA) is 131 Å². The minimum absolute atomic E-state index is 0.0612. The number of unbranched alkanes of at least 4 members (excludes halogenated alkanes) is 10. The summed E-state index contributed by atoms with van der Waals surface area (Å²) in [6, 6.07) is 0. The van der Waals surface area contributed by atoms with Gasteiger partial charge in [-0.25, -0.2) is 4.57 Å². The molecule has 0 saturated carbocycles. The molecule has 10 heteroatoms. The van der Waals surface area contributed by atoms with Gasteiger partial charge < -0.3 is 20.1 Å². The van der Waals surface area contributed by atoms with E-state index in [1.54, 1.807) is 0 Å². The lowest BCUT2D eigenvalue weighted by Gasteiger charge is -2.15. The zero-order valence-electron chi connectivity index (χ0n) is 29.9. The number of carbonyl (C=O) groups excluding carboxylic acids is 2. The fraction of sp³-hybridized carbons (Fsp3) is 0.684. The Bertz CT molecular complexity index is 976. The third-order valence-electron chi connectivity index (χ3n) is 7.21. The lowest BCUT2D eigenvalue weighted by molar-refractivity contribution is -0.147. The molecule has 276 valence electrons. The van der Waals surface area contributed by atoms with Crippen molar-refractivity contribution < 1.29 is 37.9 Å². The van der Waals surface area contributed by atoms with Gasteiger partial charge in [-0.15, -0.1) is 0 Å². The Hall–Kier alpha value is -2.29. The van der Waals surface area contributed by atoms with Crippen LogP contribution in [-0.2, 0) is 27.9 Å². The summed E-state index contributed by atoms with van der Waals surface area (Å²) >= 11 is 0. The first-order valence-corrected chi connectivity index (χ1v) is 19.8. The van der Waals surface area contributed by atoms with E-state index in [9.17, 15) is 24.2 Å². The number of hydrogen-bond acceptors (Lipinski definition) is 7. The summed E-state index contributed by atoms with van der Waals surface area (Å²) in [5.74, 6) is -0.559. The normalized spacial score (nSPS) is 14.2. The molecular weight excluding hydrogens is 629 g/mol. The van der Waals surface area contributed by atoms with Crippen LogP contribution >= 0.6 is 7.82 Å². The second-order valence-electron chi connectivity index (χ2n) is 11.8. The molecule has 3 N–H and O–H groups in total. The van der Waals surface area contributed by atoms with Crippen molar-refractivity contribution in [3.05, 3.63) is 60.8 Å². The molecule has 0 aromatic heterocycles. The number of phosphoric ester groups is 1. The quantitative estimate of drug-likeness (QED) is 0.0268. The Morgan fingerprint density at radius 3 is 1.79 bits per heavy atom. The van der Waals surface area contributed by atoms with Gasteiger partial charge in [-0.1, -0.05) is 126 Å². The number of nitrogens with one attached hydrogen (secondary N) is 1. The third kappa shape index (κ3) is 35.0. The van der Waals surface area contributed by atoms with E-state index in [1.165, 1.54) is 32.1 Å². The van der Waals surface area contributed by atoms with E-state index in [-0.39, 0.29) is 32.1 Å². The first-order valence-electron chi connectivity index (χ1n) is 18.3. The van der Waals surface area contributed by atoms with Crippen LogP contribution in [0.1, 0.15) is 136 Å². The number of rotatable bonds is 33. The molecule has 0 aliphatic heterocycles. The minimum Gasteiger partial charge on any atom is -0.463 e. The Morgan fingerprint density at radius 1 is 0.667 bits per heavy atom. The van der Waals surface area contributed by atoms with Crippen molar-refractivity contribution in [2.24, 2.45) is 0 Å². The highest BCUT2D eigenvalue weighted by Gasteiger charge is 2.23. The molecule has 0 heterocycles. The van der Waals surface area contributed by atoms with Gasteiger partial charge in [0.15, 0.2) is 0 Å². The van der Waals surface area contributed by atoms with Crippen LogP contribution in [0, 0.1) is 0 Å². The van der Waals surface area contributed by atoms with Gasteiger partial charge in [0.2, 0.25) is 5.91 Å². The van der Waals surface area contributed by atoms with Gasteiger partial charge in [0, 0.05) is 19.4 Å². The smallest absolute Gasteiger partial charge is 0.463 e. The Balaban J connectivity index is 3.71. The van der Waals surface area contributed by atoms with E-state index in [2.05, 4.69) is 79.9 Å². The van der Waals surface area contributed by atoms with Crippen LogP contribution in [0.25, 0.3) is 0 Å². The molecule has 1 amide bonds. The van der Waals surface area contributed by atoms with Crippen LogP contribution < -0.4 is 5.32 Å². The average Bonchev–Trinajstić information content (AvgIpc) is 3.07. The molecule has 0 aliphatic rings. The second kappa shape index (κ2) is 34.6. The lowest BCUT2D eigenvalue weighted by atomic mass is 10.1. The van der Waals surface area contributed by atoms with Gasteiger partial charge in [-0.2, -0.15) is 0 Å². The lowest BCUT2D eigenvalue weighted by Crippen LogP contribution is -2.27. The molecule has 48 heavy (non-hydrogen) atoms. The number of esters is 1. The molecule has 9 nitrogen and oxygen atoms in total. The summed E-state index contributed by atoms with van der Waals surface area (Å²) in [6.07, 6.45) is 38.8. The molecule has 0 bridgehead atoms. The van der Waals surface area contributed by atoms with Crippen LogP contribution in [0.4, 0.5) is 0 Å². The summed E-state index contributed by atoms with van der Waals surface area (Å²) in [5, 5.41) is 12.6. The minimum atomic E-state index is -4.42. The summed E-state index contributed by atoms with van der Waals surface area (Å²) in [7, 11) is -4.42. The Kier molecular flexibility index (Phi) is 32.9. The standard InChI is InChI=1S/C38H66NO8P/c1-3-5-7-9-11-13-14-15-16-17-18-19-20-21-22-23-24-26-28-30-37(41)39-32-33-46-48(43,44)47-35-36(40)34-45-38(42)31-29-27-25-12-10-8-6-4-2/h5,7,11,13,15-16,18-19,21-22,36,40H,3-4,6,8-10,12,14,17,20,23-35H2,1-2H3,(H,39,41)(H,43,44)/b7-5-,13-11-,16-15-,19-18-,22-21-. The summed E-state index contributed by atoms with van der Waals surface area (Å²) < 4.78 is 26.6. The maximum absolute atomic E-state index is 12.0. The number of aliphatic hydroxyl groups excluding tert-OH is 1. The van der Waals surface area contributed by atoms with Gasteiger partial charge in [0.25, 0.3) is 0 Å². The monoisotopic (exact) mass is 695 g/mol. The Labute approximate surface area is 291 Å². The predicted molar refractivity (Wildman–Crippen MR) is 196 cm³/mol. The van der Waals surface area contributed by atoms with Gasteiger partial charge in [-0.3, -0.25) is 18.6 Å². The van der Waals surface area contributed by atoms with Crippen LogP contribution in [0.2, 0.25) is 0 Å². The highest BCUT2D eigenvalue weighted by atomic mass is 31.2. The first-order chi connectivity index (χ1) is 23.3. The molecular formula is C38H66NO8P. The first kappa shape index (κ1) is 45.7. The van der Waals surface area contributed by atoms with Crippen LogP contribution in [0.5, 0.6) is 0 Å². The maximum Gasteiger partial charge on any atom is 0.472 e. The van der Waals surface area contributed by atoms with E-state index in [1.807, 2.05) is 0 Å². The number of carbonyl (C=O) groups is 2. The summed E-state index contributed by atoms with van der Waals surface area (Å²) in [5.41, 5.74) is 0. The van der Waals surface area contributed by atoms with E-state index in [0.29, 0.717) is 6.42 Å². The molecule has 0 radical (unpaired) electrons. The maximum atomic E-state index is 12.0. The molecule has 2 unspecified atom stereocenters. The highest BCUT2D eigenvalue weighted by molar-refractivity contribution is 7.47. The van der Waals surface area contributed by atoms with Gasteiger partial charge in [0.05, 0.1) is 13.2 Å². The molecule has 0 fully saturated rings. The van der Waals surface area contributed by atoms with E-state index in [0.717, 1.165) is 77.0 Å². The number of phosphoric acid groups is 1. The van der Waals surface area contributed by atoms with Crippen LogP contribution in [0.15, 0.2) is 60.8 Å². The van der Waals surface area contributed by atoms with Gasteiger partial charge >= 0.3 is 13.8 Å². The third-order valence-corrected chi connectivity index (χ3v) is 8.20. The van der Waals surface area contributed by atoms with Crippen molar-refractivity contribution in [1.82, 2.24) is 5.32 Å². The van der Waals surface area contributed by atoms with Crippen molar-refractivity contribution in [2.45, 2.75) is 142 Å². The average molecular weight is 696 g/mol. The molecule has 0 aromatic carbocycles. The molecule has 0 rings (SSSR count). The zero-order chi connectivity index (χ0) is 35.4. The Morgan fingerprint density at radius 2 is 1.19 bits per heavy atom. The largest absolute Gasteiger partial charge is 0.472 e. The SMILES string of the molecule is CC/C=C\C/C=C\C/C=C\C/C=C\C/C=C\CCCCCC(=O)NCCOP(=O)(O)OCC(O)COC(=O)CCCCCCCCCC. The van der Waals surface area contributed by atoms with Gasteiger partial charge in [-0.05, 0) is 57.8 Å². The van der Waals surface area contributed by atoms with Crippen molar-refractivity contribution in [3.8, 4) is 0 Å².